The topological polar surface area (TPSA) is 107 Å². The molecular formula is C17H30O6. The molecule has 0 bridgehead atoms. The van der Waals surface area contributed by atoms with Crippen LogP contribution in [0.2, 0.25) is 0 Å². The van der Waals surface area contributed by atoms with Gasteiger partial charge in [-0.1, -0.05) is 24.6 Å². The van der Waals surface area contributed by atoms with Crippen LogP contribution >= 0.6 is 0 Å². The second kappa shape index (κ2) is 11.3. The zero-order valence-electron chi connectivity index (χ0n) is 14.3. The summed E-state index contributed by atoms with van der Waals surface area (Å²) in [5.74, 6) is -1.12. The van der Waals surface area contributed by atoms with Gasteiger partial charge in [0.25, 0.3) is 0 Å². The van der Waals surface area contributed by atoms with Gasteiger partial charge in [-0.2, -0.15) is 0 Å². The van der Waals surface area contributed by atoms with Crippen molar-refractivity contribution in [2.45, 2.75) is 65.0 Å². The maximum atomic E-state index is 10.4. The number of allylic oxidation sites excluding steroid dienone is 1. The molecule has 0 amide bonds. The van der Waals surface area contributed by atoms with Crippen LogP contribution in [0.1, 0.15) is 40.5 Å². The minimum Gasteiger partial charge on any atom is -0.478 e. The molecule has 23 heavy (non-hydrogen) atoms. The van der Waals surface area contributed by atoms with E-state index in [9.17, 15) is 15.0 Å². The highest BCUT2D eigenvalue weighted by Gasteiger charge is 2.35. The molecule has 134 valence electrons. The van der Waals surface area contributed by atoms with Gasteiger partial charge < -0.3 is 25.2 Å². The molecule has 1 heterocycles. The maximum Gasteiger partial charge on any atom is 0.328 e. The molecule has 0 radical (unpaired) electrons. The lowest BCUT2D eigenvalue weighted by Gasteiger charge is -2.36. The number of carboxylic acids is 1. The summed E-state index contributed by atoms with van der Waals surface area (Å²) in [5, 5.41) is 36.6. The summed E-state index contributed by atoms with van der Waals surface area (Å²) in [7, 11) is 0. The van der Waals surface area contributed by atoms with Gasteiger partial charge in [0.1, 0.15) is 6.10 Å². The van der Waals surface area contributed by atoms with E-state index in [4.69, 9.17) is 14.9 Å². The molecule has 5 atom stereocenters. The molecule has 0 aromatic carbocycles. The first-order chi connectivity index (χ1) is 10.7. The van der Waals surface area contributed by atoms with Crippen molar-refractivity contribution in [2.24, 2.45) is 5.92 Å². The third-order valence-corrected chi connectivity index (χ3v) is 3.49. The lowest BCUT2D eigenvalue weighted by atomic mass is 9.91. The van der Waals surface area contributed by atoms with Crippen molar-refractivity contribution in [3.8, 4) is 0 Å². The van der Waals surface area contributed by atoms with Gasteiger partial charge >= 0.3 is 5.97 Å². The first-order valence-corrected chi connectivity index (χ1v) is 7.86. The Labute approximate surface area is 138 Å². The van der Waals surface area contributed by atoms with Gasteiger partial charge in [0.2, 0.25) is 0 Å². The van der Waals surface area contributed by atoms with Gasteiger partial charge in [-0.15, -0.1) is 0 Å². The molecule has 0 saturated carbocycles. The van der Waals surface area contributed by atoms with E-state index in [0.29, 0.717) is 18.6 Å². The van der Waals surface area contributed by atoms with Gasteiger partial charge in [-0.05, 0) is 33.6 Å². The Morgan fingerprint density at radius 2 is 1.96 bits per heavy atom. The molecule has 0 aromatic rings. The molecule has 1 fully saturated rings. The van der Waals surface area contributed by atoms with Crippen LogP contribution in [0.5, 0.6) is 0 Å². The minimum atomic E-state index is -1.02. The van der Waals surface area contributed by atoms with Crippen molar-refractivity contribution in [3.63, 3.8) is 0 Å². The summed E-state index contributed by atoms with van der Waals surface area (Å²) in [6.07, 6.45) is 3.58. The molecule has 0 aliphatic carbocycles. The number of hydrogen-bond donors (Lipinski definition) is 4. The first kappa shape index (κ1) is 21.8. The predicted octanol–water partition coefficient (Wildman–Crippen LogP) is 1.50. The number of rotatable bonds is 5. The summed E-state index contributed by atoms with van der Waals surface area (Å²) in [5.41, 5.74) is 0.610. The van der Waals surface area contributed by atoms with Crippen LogP contribution < -0.4 is 0 Å². The Hall–Kier alpha value is -1.21. The third kappa shape index (κ3) is 9.50. The van der Waals surface area contributed by atoms with Crippen LogP contribution in [0, 0.1) is 5.92 Å². The highest BCUT2D eigenvalue weighted by Crippen LogP contribution is 2.24. The normalized spacial score (nSPS) is 29.8. The zero-order valence-corrected chi connectivity index (χ0v) is 14.3. The van der Waals surface area contributed by atoms with E-state index in [1.807, 2.05) is 19.1 Å². The van der Waals surface area contributed by atoms with Crippen molar-refractivity contribution < 1.29 is 30.0 Å². The number of aliphatic hydroxyl groups is 3. The van der Waals surface area contributed by atoms with Gasteiger partial charge in [0, 0.05) is 12.0 Å². The quantitative estimate of drug-likeness (QED) is 0.449. The first-order valence-electron chi connectivity index (χ1n) is 7.86. The summed E-state index contributed by atoms with van der Waals surface area (Å²) in [6.45, 7) is 7.56. The molecule has 0 spiro atoms. The van der Waals surface area contributed by atoms with Crippen LogP contribution in [0.15, 0.2) is 23.8 Å². The van der Waals surface area contributed by atoms with Crippen LogP contribution in [0.4, 0.5) is 0 Å². The lowest BCUT2D eigenvalue weighted by molar-refractivity contribution is -0.159. The Morgan fingerprint density at radius 3 is 2.39 bits per heavy atom. The number of carbonyl (C=O) groups is 1. The smallest absolute Gasteiger partial charge is 0.328 e. The van der Waals surface area contributed by atoms with Crippen molar-refractivity contribution in [3.05, 3.63) is 23.8 Å². The standard InChI is InChI=1S/C11H18O5.C6H12O/c1-6(4-9(12)13)3-8-11(15)10(14)7(2)5-16-8;1-3-4-5-6(2)7/h4,7-8,10-11,14-15H,3,5H2,1-2H3,(H,12,13);3-4,6-7H,5H2,1-2H3/b6-4+;4-3+/t7-,8-,10+,11-;6-/m00/s1. The van der Waals surface area contributed by atoms with Gasteiger partial charge in [0.05, 0.1) is 24.9 Å². The summed E-state index contributed by atoms with van der Waals surface area (Å²) < 4.78 is 5.38. The van der Waals surface area contributed by atoms with Crippen molar-refractivity contribution in [2.75, 3.05) is 6.61 Å². The molecule has 1 rings (SSSR count). The van der Waals surface area contributed by atoms with E-state index >= 15 is 0 Å². The van der Waals surface area contributed by atoms with Crippen molar-refractivity contribution >= 4 is 5.97 Å². The zero-order chi connectivity index (χ0) is 18.0. The molecule has 1 saturated heterocycles. The van der Waals surface area contributed by atoms with Gasteiger partial charge in [0.15, 0.2) is 0 Å². The molecule has 4 N–H and O–H groups in total. The molecule has 0 unspecified atom stereocenters. The number of hydrogen-bond acceptors (Lipinski definition) is 5. The number of aliphatic hydroxyl groups excluding tert-OH is 3. The SMILES string of the molecule is C/C(=C\C(=O)O)C[C@@H]1OC[C@H](C)[C@@H](O)[C@H]1O.C/C=C/C[C@H](C)O. The van der Waals surface area contributed by atoms with E-state index in [1.165, 1.54) is 0 Å². The van der Waals surface area contributed by atoms with Crippen LogP contribution in [-0.4, -0.2) is 57.4 Å². The van der Waals surface area contributed by atoms with Crippen molar-refractivity contribution in [1.82, 2.24) is 0 Å². The van der Waals surface area contributed by atoms with Crippen LogP contribution in [0.25, 0.3) is 0 Å². The summed E-state index contributed by atoms with van der Waals surface area (Å²) in [4.78, 5) is 10.4. The predicted molar refractivity (Wildman–Crippen MR) is 88.0 cm³/mol. The van der Waals surface area contributed by atoms with Gasteiger partial charge in [-0.3, -0.25) is 0 Å². The lowest BCUT2D eigenvalue weighted by Crippen LogP contribution is -2.49. The molecule has 6 nitrogen and oxygen atoms in total. The fourth-order valence-corrected chi connectivity index (χ4v) is 2.13. The second-order valence-electron chi connectivity index (χ2n) is 6.02. The Kier molecular flexibility index (Phi) is 10.7. The molecule has 1 aliphatic rings. The highest BCUT2D eigenvalue weighted by atomic mass is 16.5. The number of carboxylic acid groups (broad SMARTS) is 1. The van der Waals surface area contributed by atoms with Crippen LogP contribution in [0.3, 0.4) is 0 Å². The number of ether oxygens (including phenoxy) is 1. The monoisotopic (exact) mass is 330 g/mol. The minimum absolute atomic E-state index is 0.102. The van der Waals surface area contributed by atoms with E-state index < -0.39 is 24.3 Å². The summed E-state index contributed by atoms with van der Waals surface area (Å²) in [6, 6.07) is 0. The second-order valence-corrected chi connectivity index (χ2v) is 6.02. The maximum absolute atomic E-state index is 10.4. The average molecular weight is 330 g/mol. The molecule has 1 aliphatic heterocycles. The third-order valence-electron chi connectivity index (χ3n) is 3.49. The molecule has 6 heteroatoms. The fraction of sp³-hybridized carbons (Fsp3) is 0.706. The highest BCUT2D eigenvalue weighted by molar-refractivity contribution is 5.80. The molecule has 0 aromatic heterocycles. The average Bonchev–Trinajstić information content (AvgIpc) is 2.45. The van der Waals surface area contributed by atoms with Crippen LogP contribution in [-0.2, 0) is 9.53 Å². The van der Waals surface area contributed by atoms with E-state index in [2.05, 4.69) is 0 Å². The fourth-order valence-electron chi connectivity index (χ4n) is 2.13. The summed E-state index contributed by atoms with van der Waals surface area (Å²) >= 11 is 0. The number of aliphatic carboxylic acids is 1. The van der Waals surface area contributed by atoms with E-state index in [-0.39, 0.29) is 12.0 Å². The van der Waals surface area contributed by atoms with E-state index in [1.54, 1.807) is 20.8 Å². The van der Waals surface area contributed by atoms with Crippen molar-refractivity contribution in [1.29, 1.82) is 0 Å². The Balaban J connectivity index is 0.000000585. The van der Waals surface area contributed by atoms with Gasteiger partial charge in [-0.25, -0.2) is 4.79 Å². The largest absolute Gasteiger partial charge is 0.478 e. The Morgan fingerprint density at radius 1 is 1.35 bits per heavy atom. The Bertz CT molecular complexity index is 402. The molecular weight excluding hydrogens is 300 g/mol. The van der Waals surface area contributed by atoms with E-state index in [0.717, 1.165) is 12.5 Å².